The first-order valence-corrected chi connectivity index (χ1v) is 31.2. The van der Waals surface area contributed by atoms with Gasteiger partial charge in [-0.25, -0.2) is 19.4 Å². The van der Waals surface area contributed by atoms with Gasteiger partial charge in [-0.3, -0.25) is 59.6 Å². The molecule has 3 fully saturated rings. The zero-order valence-corrected chi connectivity index (χ0v) is 52.9. The van der Waals surface area contributed by atoms with Crippen molar-refractivity contribution in [1.82, 2.24) is 72.1 Å². The Balaban J connectivity index is 0.000000121. The van der Waals surface area contributed by atoms with Crippen LogP contribution in [-0.2, 0) is 56.8 Å². The molecule has 0 spiro atoms. The maximum absolute atomic E-state index is 13.3. The summed E-state index contributed by atoms with van der Waals surface area (Å²) in [5.41, 5.74) is 4.20. The van der Waals surface area contributed by atoms with Crippen LogP contribution in [0.1, 0.15) is 81.0 Å². The van der Waals surface area contributed by atoms with Crippen molar-refractivity contribution >= 4 is 92.5 Å². The lowest BCUT2D eigenvalue weighted by atomic mass is 9.92. The molecule has 10 aromatic rings. The molecule has 0 unspecified atom stereocenters. The van der Waals surface area contributed by atoms with E-state index in [1.807, 2.05) is 18.2 Å². The molecule has 99 heavy (non-hydrogen) atoms. The number of nitrogens with one attached hydrogen (secondary N) is 8. The Bertz CT molecular complexity index is 5080. The van der Waals surface area contributed by atoms with E-state index < -0.39 is 52.4 Å². The third-order valence-electron chi connectivity index (χ3n) is 18.8. The normalized spacial score (nSPS) is 20.5. The Labute approximate surface area is 559 Å². The molecule has 0 bridgehead atoms. The van der Waals surface area contributed by atoms with E-state index >= 15 is 0 Å². The van der Waals surface area contributed by atoms with Gasteiger partial charge in [-0.15, -0.1) is 0 Å². The van der Waals surface area contributed by atoms with Crippen LogP contribution in [0.5, 0.6) is 17.2 Å². The number of benzene rings is 4. The summed E-state index contributed by atoms with van der Waals surface area (Å²) in [4.78, 5) is 141. The van der Waals surface area contributed by atoms with Crippen LogP contribution in [0.2, 0.25) is 0 Å². The van der Waals surface area contributed by atoms with Gasteiger partial charge < -0.3 is 63.4 Å². The molecule has 13 amide bonds. The summed E-state index contributed by atoms with van der Waals surface area (Å²) in [6, 6.07) is 27.5. The predicted octanol–water partition coefficient (Wildman–Crippen LogP) is 4.95. The summed E-state index contributed by atoms with van der Waals surface area (Å²) in [6.45, 7) is 1.26. The largest absolute Gasteiger partial charge is 0.497 e. The highest BCUT2D eigenvalue weighted by atomic mass is 16.5. The molecule has 0 aliphatic carbocycles. The van der Waals surface area contributed by atoms with Crippen LogP contribution in [-0.4, -0.2) is 155 Å². The number of methoxy groups -OCH3 is 3. The quantitative estimate of drug-likeness (QED) is 0.0708. The van der Waals surface area contributed by atoms with E-state index in [2.05, 4.69) is 57.4 Å². The fourth-order valence-corrected chi connectivity index (χ4v) is 13.6. The average molecular weight is 1340 g/mol. The first-order valence-electron chi connectivity index (χ1n) is 31.2. The molecule has 0 saturated carbocycles. The molecule has 8 N–H and O–H groups in total. The SMILES string of the molecule is COc1ccc2c(c1)CCN(C[C@@]1(c3cc4c5c(ccc4o3)CNC5=O)NC(=O)NC1=O)C2=O.COc1ccc2c(c1)CCN(C[C@@]1(c3cc4cnccc4o3)NC(=O)NC1=O)C2=O.COc1ccc2c(c1)CCN(C[C@@]1(c3cc4nc(-c5cn[nH]c5)ccc4o3)NC(=O)NC1=O)C2=O. The van der Waals surface area contributed by atoms with Gasteiger partial charge in [0, 0.05) is 83.9 Å². The van der Waals surface area contributed by atoms with Gasteiger partial charge in [-0.1, -0.05) is 6.07 Å². The molecule has 30 heteroatoms. The van der Waals surface area contributed by atoms with Gasteiger partial charge in [0.05, 0.1) is 58.4 Å². The van der Waals surface area contributed by atoms with Crippen LogP contribution in [0.3, 0.4) is 0 Å². The lowest BCUT2D eigenvalue weighted by Gasteiger charge is -2.34. The number of urea groups is 3. The Morgan fingerprint density at radius 3 is 1.43 bits per heavy atom. The second kappa shape index (κ2) is 24.1. The van der Waals surface area contributed by atoms with Crippen molar-refractivity contribution in [3.8, 4) is 28.5 Å². The number of aromatic amines is 1. The molecule has 3 saturated heterocycles. The van der Waals surface area contributed by atoms with Crippen molar-refractivity contribution in [3.63, 3.8) is 0 Å². The molecule has 30 nitrogen and oxygen atoms in total. The standard InChI is InChI=1S/C24H20N6O5.C24H20N4O6.C21H18N4O5/c1-34-15-2-3-16-13(8-15)6-7-30(21(16)31)12-24(22(32)28-23(33)29-24)20-9-18-19(35-20)5-4-17(27-18)14-10-25-26-11-14;1-33-14-3-4-15-12(8-14)6-7-28(21(15)30)11-24(22(31)26-23(32)27-24)18-9-16-17(34-18)5-2-13-10-25-20(29)19(13)16;1-29-14-2-3-15-12(8-14)5-7-25(18(15)26)11-21(19(27)23-20(28)24-21)17-9-13-10-22-6-4-16(13)30-17/h2-5,8-11H,6-7,12H2,1H3,(H,25,26)(H2,28,29,32,33);2-5,8-9H,6-7,10-11H2,1H3,(H,25,29)(H2,26,27,31,32);2-4,6,8-10H,5,7,11H2,1H3,(H2,23,24,27,28)/t2*24-;21-/m000/s1. The summed E-state index contributed by atoms with van der Waals surface area (Å²) in [7, 11) is 4.72. The highest BCUT2D eigenvalue weighted by Gasteiger charge is 2.56. The smallest absolute Gasteiger partial charge is 0.322 e. The van der Waals surface area contributed by atoms with Gasteiger partial charge in [-0.05, 0) is 133 Å². The van der Waals surface area contributed by atoms with E-state index in [1.54, 1.807) is 141 Å². The maximum Gasteiger partial charge on any atom is 0.322 e. The number of ether oxygens (including phenoxy) is 3. The van der Waals surface area contributed by atoms with E-state index in [1.165, 1.54) is 4.90 Å². The predicted molar refractivity (Wildman–Crippen MR) is 346 cm³/mol. The summed E-state index contributed by atoms with van der Waals surface area (Å²) in [6.07, 6.45) is 8.31. The Morgan fingerprint density at radius 2 is 0.970 bits per heavy atom. The fourth-order valence-electron chi connectivity index (χ4n) is 13.6. The molecule has 0 radical (unpaired) electrons. The maximum atomic E-state index is 13.3. The van der Waals surface area contributed by atoms with Gasteiger partial charge in [0.2, 0.25) is 0 Å². The number of pyridine rings is 2. The van der Waals surface area contributed by atoms with Crippen LogP contribution < -0.4 is 51.4 Å². The number of nitrogens with zero attached hydrogens (tertiary/aromatic N) is 6. The van der Waals surface area contributed by atoms with Crippen molar-refractivity contribution in [2.24, 2.45) is 0 Å². The number of furan rings is 3. The number of amides is 13. The minimum Gasteiger partial charge on any atom is -0.497 e. The van der Waals surface area contributed by atoms with Crippen LogP contribution in [0.4, 0.5) is 14.4 Å². The molecule has 17 rings (SSSR count). The second-order valence-corrected chi connectivity index (χ2v) is 24.4. The van der Waals surface area contributed by atoms with Crippen LogP contribution in [0.25, 0.3) is 44.3 Å². The number of fused-ring (bicyclic) bond motifs is 8. The fraction of sp³-hybridized carbons (Fsp3) is 0.232. The summed E-state index contributed by atoms with van der Waals surface area (Å²) >= 11 is 0. The number of hydrogen-bond donors (Lipinski definition) is 8. The zero-order valence-electron chi connectivity index (χ0n) is 52.9. The third-order valence-corrected chi connectivity index (χ3v) is 18.8. The minimum absolute atomic E-state index is 0.0534. The Hall–Kier alpha value is -12.9. The van der Waals surface area contributed by atoms with Gasteiger partial charge in [0.15, 0.2) is 22.2 Å². The second-order valence-electron chi connectivity index (χ2n) is 24.4. The lowest BCUT2D eigenvalue weighted by molar-refractivity contribution is -0.126. The minimum atomic E-state index is -1.63. The van der Waals surface area contributed by atoms with Crippen molar-refractivity contribution in [1.29, 1.82) is 0 Å². The van der Waals surface area contributed by atoms with Crippen molar-refractivity contribution in [3.05, 3.63) is 190 Å². The van der Waals surface area contributed by atoms with Gasteiger partial charge in [-0.2, -0.15) is 5.10 Å². The van der Waals surface area contributed by atoms with E-state index in [0.717, 1.165) is 27.8 Å². The number of aromatic nitrogens is 4. The van der Waals surface area contributed by atoms with Crippen LogP contribution in [0, 0.1) is 0 Å². The number of rotatable bonds is 13. The molecule has 4 aromatic carbocycles. The van der Waals surface area contributed by atoms with Crippen molar-refractivity contribution in [2.45, 2.75) is 42.4 Å². The molecule has 7 aliphatic heterocycles. The molecular weight excluding hydrogens is 1280 g/mol. The zero-order chi connectivity index (χ0) is 68.6. The van der Waals surface area contributed by atoms with E-state index in [4.69, 9.17) is 27.5 Å². The Kier molecular flexibility index (Phi) is 15.1. The molecule has 3 atom stereocenters. The van der Waals surface area contributed by atoms with E-state index in [0.29, 0.717) is 124 Å². The van der Waals surface area contributed by atoms with Gasteiger partial charge >= 0.3 is 18.1 Å². The van der Waals surface area contributed by atoms with Gasteiger partial charge in [0.25, 0.3) is 41.4 Å². The molecular formula is C69H58N14O16. The topological polar surface area (TPSA) is 386 Å². The summed E-state index contributed by atoms with van der Waals surface area (Å²) in [5.74, 6) is -0.0762. The Morgan fingerprint density at radius 1 is 0.495 bits per heavy atom. The number of hydrogen-bond acceptors (Lipinski definition) is 19. The summed E-state index contributed by atoms with van der Waals surface area (Å²) < 4.78 is 33.7. The molecule has 13 heterocycles. The van der Waals surface area contributed by atoms with E-state index in [9.17, 15) is 47.9 Å². The van der Waals surface area contributed by atoms with Crippen molar-refractivity contribution in [2.75, 3.05) is 60.6 Å². The van der Waals surface area contributed by atoms with E-state index in [-0.39, 0.29) is 60.5 Å². The molecule has 6 aromatic heterocycles. The monoisotopic (exact) mass is 1340 g/mol. The average Bonchev–Trinajstić information content (AvgIpc) is 1.63. The third kappa shape index (κ3) is 10.7. The first-order chi connectivity index (χ1) is 47.9. The number of carbonyl (C=O) groups excluding carboxylic acids is 10. The highest BCUT2D eigenvalue weighted by Crippen LogP contribution is 2.39. The van der Waals surface area contributed by atoms with Crippen LogP contribution in [0.15, 0.2) is 141 Å². The van der Waals surface area contributed by atoms with Crippen molar-refractivity contribution < 1.29 is 75.4 Å². The number of imide groups is 3. The highest BCUT2D eigenvalue weighted by molar-refractivity contribution is 6.12. The number of carbonyl (C=O) groups is 10. The van der Waals surface area contributed by atoms with Crippen LogP contribution >= 0.6 is 0 Å². The first kappa shape index (κ1) is 62.2. The number of H-pyrrole nitrogens is 1. The molecule has 7 aliphatic rings. The molecule has 500 valence electrons. The summed E-state index contributed by atoms with van der Waals surface area (Å²) in [5, 5.41) is 25.6. The lowest BCUT2D eigenvalue weighted by Crippen LogP contribution is -2.55. The van der Waals surface area contributed by atoms with Gasteiger partial charge in [0.1, 0.15) is 51.2 Å².